The molecule has 0 aromatic heterocycles. The first-order chi connectivity index (χ1) is 16.9. The third-order valence-electron chi connectivity index (χ3n) is 6.24. The number of rotatable bonds is 7. The molecule has 1 heterocycles. The second-order valence-electron chi connectivity index (χ2n) is 8.67. The fourth-order valence-electron chi connectivity index (χ4n) is 4.61. The number of amides is 1. The van der Waals surface area contributed by atoms with Crippen molar-refractivity contribution in [3.05, 3.63) is 81.9 Å². The molecule has 3 aromatic rings. The summed E-state index contributed by atoms with van der Waals surface area (Å²) in [5.74, 6) is 2.15. The number of ether oxygens (including phenoxy) is 4. The Balaban J connectivity index is 1.84. The highest BCUT2D eigenvalue weighted by atomic mass is 35.5. The minimum Gasteiger partial charge on any atom is -0.497 e. The van der Waals surface area contributed by atoms with Crippen LogP contribution in [-0.2, 0) is 16.1 Å². The van der Waals surface area contributed by atoms with Crippen molar-refractivity contribution in [3.8, 4) is 17.2 Å². The van der Waals surface area contributed by atoms with Gasteiger partial charge in [0.1, 0.15) is 30.0 Å². The summed E-state index contributed by atoms with van der Waals surface area (Å²) in [5.41, 5.74) is 4.43. The number of methoxy groups -OCH3 is 3. The number of nitrogens with zero attached hydrogens (tertiary/aromatic N) is 1. The van der Waals surface area contributed by atoms with E-state index in [2.05, 4.69) is 13.8 Å². The minimum atomic E-state index is -0.483. The van der Waals surface area contributed by atoms with Crippen LogP contribution in [-0.4, -0.2) is 33.8 Å². The Labute approximate surface area is 211 Å². The summed E-state index contributed by atoms with van der Waals surface area (Å²) in [7, 11) is 4.87. The molecule has 0 saturated carbocycles. The standard InChI is InChI=1S/C28H30ClNO5/c1-17(2)27-21(7-6-8-24(27)33-4)28-22-13-19(29)10-12-23(22)30(26(31)16-35-28)15-18-9-11-20(32-3)14-25(18)34-5/h6-14,17,28H,15-16H2,1-5H3/t28-/m1/s1. The van der Waals surface area contributed by atoms with E-state index in [0.29, 0.717) is 23.1 Å². The SMILES string of the molecule is COc1ccc(CN2C(=O)CO[C@H](c3cccc(OC)c3C(C)C)c3cc(Cl)ccc32)c(OC)c1. The Kier molecular flexibility index (Phi) is 7.53. The Hall–Kier alpha value is -3.22. The Bertz CT molecular complexity index is 1230. The number of anilines is 1. The van der Waals surface area contributed by atoms with Crippen molar-refractivity contribution < 1.29 is 23.7 Å². The van der Waals surface area contributed by atoms with Crippen LogP contribution in [0.5, 0.6) is 17.2 Å². The van der Waals surface area contributed by atoms with Gasteiger partial charge in [-0.2, -0.15) is 0 Å². The van der Waals surface area contributed by atoms with E-state index in [4.69, 9.17) is 30.5 Å². The number of benzene rings is 3. The lowest BCUT2D eigenvalue weighted by molar-refractivity contribution is -0.123. The van der Waals surface area contributed by atoms with E-state index in [0.717, 1.165) is 33.7 Å². The molecule has 0 radical (unpaired) electrons. The molecule has 0 aliphatic carbocycles. The van der Waals surface area contributed by atoms with Gasteiger partial charge >= 0.3 is 0 Å². The van der Waals surface area contributed by atoms with E-state index >= 15 is 0 Å². The molecule has 35 heavy (non-hydrogen) atoms. The molecule has 1 amide bonds. The fraction of sp³-hybridized carbons (Fsp3) is 0.321. The van der Waals surface area contributed by atoms with Crippen molar-refractivity contribution in [2.24, 2.45) is 0 Å². The van der Waals surface area contributed by atoms with Gasteiger partial charge in [0.2, 0.25) is 0 Å². The zero-order chi connectivity index (χ0) is 25.1. The topological polar surface area (TPSA) is 57.2 Å². The Morgan fingerprint density at radius 2 is 1.74 bits per heavy atom. The molecule has 3 aromatic carbocycles. The maximum absolute atomic E-state index is 13.4. The molecule has 7 heteroatoms. The van der Waals surface area contributed by atoms with Crippen molar-refractivity contribution >= 4 is 23.2 Å². The molecule has 1 atom stereocenters. The fourth-order valence-corrected chi connectivity index (χ4v) is 4.79. The van der Waals surface area contributed by atoms with Crippen molar-refractivity contribution in [1.82, 2.24) is 0 Å². The van der Waals surface area contributed by atoms with Gasteiger partial charge < -0.3 is 23.8 Å². The molecule has 0 N–H and O–H groups in total. The quantitative estimate of drug-likeness (QED) is 0.394. The molecule has 6 nitrogen and oxygen atoms in total. The van der Waals surface area contributed by atoms with Crippen LogP contribution in [0.4, 0.5) is 5.69 Å². The number of halogens is 1. The van der Waals surface area contributed by atoms with Gasteiger partial charge in [0.15, 0.2) is 0 Å². The van der Waals surface area contributed by atoms with Gasteiger partial charge in [-0.3, -0.25) is 4.79 Å². The third kappa shape index (κ3) is 4.95. The van der Waals surface area contributed by atoms with E-state index in [9.17, 15) is 4.79 Å². The molecular weight excluding hydrogens is 466 g/mol. The van der Waals surface area contributed by atoms with Gasteiger partial charge in [0, 0.05) is 27.8 Å². The van der Waals surface area contributed by atoms with Gasteiger partial charge in [0.25, 0.3) is 5.91 Å². The third-order valence-corrected chi connectivity index (χ3v) is 6.47. The van der Waals surface area contributed by atoms with Crippen LogP contribution in [0.1, 0.15) is 48.1 Å². The second kappa shape index (κ2) is 10.6. The average Bonchev–Trinajstić information content (AvgIpc) is 2.99. The van der Waals surface area contributed by atoms with Crippen LogP contribution < -0.4 is 19.1 Å². The van der Waals surface area contributed by atoms with Gasteiger partial charge in [-0.25, -0.2) is 0 Å². The zero-order valence-electron chi connectivity index (χ0n) is 20.6. The predicted octanol–water partition coefficient (Wildman–Crippen LogP) is 6.14. The molecule has 0 bridgehead atoms. The summed E-state index contributed by atoms with van der Waals surface area (Å²) in [5, 5.41) is 0.572. The first-order valence-electron chi connectivity index (χ1n) is 11.5. The summed E-state index contributed by atoms with van der Waals surface area (Å²) in [4.78, 5) is 15.1. The monoisotopic (exact) mass is 495 g/mol. The largest absolute Gasteiger partial charge is 0.497 e. The second-order valence-corrected chi connectivity index (χ2v) is 9.11. The molecule has 1 aliphatic heterocycles. The maximum Gasteiger partial charge on any atom is 0.253 e. The first-order valence-corrected chi connectivity index (χ1v) is 11.8. The van der Waals surface area contributed by atoms with Gasteiger partial charge in [-0.05, 0) is 47.9 Å². The van der Waals surface area contributed by atoms with Gasteiger partial charge in [-0.1, -0.05) is 37.6 Å². The minimum absolute atomic E-state index is 0.0792. The van der Waals surface area contributed by atoms with E-state index in [1.165, 1.54) is 0 Å². The van der Waals surface area contributed by atoms with Crippen LogP contribution in [0.15, 0.2) is 54.6 Å². The van der Waals surface area contributed by atoms with E-state index in [-0.39, 0.29) is 18.4 Å². The average molecular weight is 496 g/mol. The molecule has 4 rings (SSSR count). The summed E-state index contributed by atoms with van der Waals surface area (Å²) < 4.78 is 22.8. The molecule has 0 fully saturated rings. The van der Waals surface area contributed by atoms with Crippen LogP contribution in [0.2, 0.25) is 5.02 Å². The molecule has 184 valence electrons. The van der Waals surface area contributed by atoms with Crippen molar-refractivity contribution in [3.63, 3.8) is 0 Å². The van der Waals surface area contributed by atoms with Crippen LogP contribution in [0, 0.1) is 0 Å². The smallest absolute Gasteiger partial charge is 0.253 e. The van der Waals surface area contributed by atoms with Crippen LogP contribution in [0.25, 0.3) is 0 Å². The lowest BCUT2D eigenvalue weighted by Gasteiger charge is -2.26. The normalized spacial score (nSPS) is 15.6. The number of carbonyl (C=O) groups excluding carboxylic acids is 1. The number of hydrogen-bond donors (Lipinski definition) is 0. The molecule has 0 spiro atoms. The molecule has 0 unspecified atom stereocenters. The van der Waals surface area contributed by atoms with Gasteiger partial charge in [-0.15, -0.1) is 0 Å². The lowest BCUT2D eigenvalue weighted by Crippen LogP contribution is -2.32. The number of carbonyl (C=O) groups is 1. The lowest BCUT2D eigenvalue weighted by atomic mass is 9.89. The van der Waals surface area contributed by atoms with Crippen molar-refractivity contribution in [2.45, 2.75) is 32.4 Å². The van der Waals surface area contributed by atoms with Crippen LogP contribution in [0.3, 0.4) is 0 Å². The predicted molar refractivity (Wildman–Crippen MR) is 137 cm³/mol. The van der Waals surface area contributed by atoms with E-state index in [1.807, 2.05) is 48.5 Å². The summed E-state index contributed by atoms with van der Waals surface area (Å²) in [6, 6.07) is 17.0. The first kappa shape index (κ1) is 24.9. The molecular formula is C28H30ClNO5. The maximum atomic E-state index is 13.4. The summed E-state index contributed by atoms with van der Waals surface area (Å²) in [6.45, 7) is 4.46. The van der Waals surface area contributed by atoms with Crippen molar-refractivity contribution in [1.29, 1.82) is 0 Å². The van der Waals surface area contributed by atoms with E-state index < -0.39 is 6.10 Å². The summed E-state index contributed by atoms with van der Waals surface area (Å²) in [6.07, 6.45) is -0.483. The molecule has 0 saturated heterocycles. The Morgan fingerprint density at radius 1 is 0.971 bits per heavy atom. The van der Waals surface area contributed by atoms with Crippen molar-refractivity contribution in [2.75, 3.05) is 32.8 Å². The van der Waals surface area contributed by atoms with E-state index in [1.54, 1.807) is 32.3 Å². The highest BCUT2D eigenvalue weighted by Crippen LogP contribution is 2.43. The number of fused-ring (bicyclic) bond motifs is 1. The Morgan fingerprint density at radius 3 is 2.43 bits per heavy atom. The highest BCUT2D eigenvalue weighted by molar-refractivity contribution is 6.30. The highest BCUT2D eigenvalue weighted by Gasteiger charge is 2.32. The summed E-state index contributed by atoms with van der Waals surface area (Å²) >= 11 is 6.45. The zero-order valence-corrected chi connectivity index (χ0v) is 21.4. The van der Waals surface area contributed by atoms with Crippen LogP contribution >= 0.6 is 11.6 Å². The number of hydrogen-bond acceptors (Lipinski definition) is 5. The molecule has 1 aliphatic rings. The van der Waals surface area contributed by atoms with Gasteiger partial charge in [0.05, 0.1) is 33.6 Å².